The van der Waals surface area contributed by atoms with Gasteiger partial charge in [0.15, 0.2) is 0 Å². The zero-order valence-corrected chi connectivity index (χ0v) is 11.6. The van der Waals surface area contributed by atoms with Gasteiger partial charge < -0.3 is 9.64 Å². The first kappa shape index (κ1) is 14.4. The van der Waals surface area contributed by atoms with Crippen molar-refractivity contribution in [3.63, 3.8) is 0 Å². The van der Waals surface area contributed by atoms with Crippen LogP contribution in [0.1, 0.15) is 19.3 Å². The monoisotopic (exact) mass is 287 g/mol. The zero-order valence-electron chi connectivity index (χ0n) is 10.9. The molecule has 0 saturated carbocycles. The number of allylic oxidation sites excluding steroid dienone is 3. The number of halogens is 2. The van der Waals surface area contributed by atoms with E-state index in [-0.39, 0.29) is 11.8 Å². The quantitative estimate of drug-likeness (QED) is 0.744. The molecule has 1 aliphatic carbocycles. The lowest BCUT2D eigenvalue weighted by Crippen LogP contribution is -2.41. The van der Waals surface area contributed by atoms with Crippen molar-refractivity contribution in [1.82, 2.24) is 4.90 Å². The van der Waals surface area contributed by atoms with Gasteiger partial charge in [0, 0.05) is 25.4 Å². The number of alkyl halides is 2. The molecule has 1 amide bonds. The SMILES string of the molecule is O=C(CCl)N1CCCC(COC2=CCC(F)C=C2)C1. The van der Waals surface area contributed by atoms with E-state index in [0.29, 0.717) is 25.5 Å². The van der Waals surface area contributed by atoms with Crippen molar-refractivity contribution in [1.29, 1.82) is 0 Å². The van der Waals surface area contributed by atoms with Crippen LogP contribution in [0.5, 0.6) is 0 Å². The van der Waals surface area contributed by atoms with Gasteiger partial charge in [0.1, 0.15) is 17.8 Å². The summed E-state index contributed by atoms with van der Waals surface area (Å²) in [5.74, 6) is 1.09. The molecule has 0 radical (unpaired) electrons. The van der Waals surface area contributed by atoms with Crippen molar-refractivity contribution in [2.24, 2.45) is 5.92 Å². The summed E-state index contributed by atoms with van der Waals surface area (Å²) in [7, 11) is 0. The summed E-state index contributed by atoms with van der Waals surface area (Å²) < 4.78 is 18.6. The van der Waals surface area contributed by atoms with Crippen LogP contribution in [0.4, 0.5) is 4.39 Å². The summed E-state index contributed by atoms with van der Waals surface area (Å²) in [6.07, 6.45) is 6.49. The van der Waals surface area contributed by atoms with Crippen molar-refractivity contribution < 1.29 is 13.9 Å². The Labute approximate surface area is 118 Å². The van der Waals surface area contributed by atoms with Crippen LogP contribution >= 0.6 is 11.6 Å². The molecule has 0 N–H and O–H groups in total. The van der Waals surface area contributed by atoms with E-state index in [0.717, 1.165) is 25.1 Å². The Kier molecular flexibility index (Phi) is 5.25. The van der Waals surface area contributed by atoms with Gasteiger partial charge in [0.05, 0.1) is 6.61 Å². The van der Waals surface area contributed by atoms with Gasteiger partial charge in [-0.1, -0.05) is 0 Å². The summed E-state index contributed by atoms with van der Waals surface area (Å²) in [5, 5.41) is 0. The number of hydrogen-bond acceptors (Lipinski definition) is 2. The number of carbonyl (C=O) groups is 1. The molecule has 0 aromatic carbocycles. The molecular weight excluding hydrogens is 269 g/mol. The molecule has 1 heterocycles. The lowest BCUT2D eigenvalue weighted by molar-refractivity contribution is -0.130. The summed E-state index contributed by atoms with van der Waals surface area (Å²) in [6.45, 7) is 2.06. The number of piperidine rings is 1. The smallest absolute Gasteiger partial charge is 0.237 e. The Morgan fingerprint density at radius 1 is 1.58 bits per heavy atom. The van der Waals surface area contributed by atoms with E-state index in [1.165, 1.54) is 6.08 Å². The molecule has 0 spiro atoms. The maximum Gasteiger partial charge on any atom is 0.237 e. The van der Waals surface area contributed by atoms with Crippen LogP contribution in [0.3, 0.4) is 0 Å². The third-order valence-corrected chi connectivity index (χ3v) is 3.71. The van der Waals surface area contributed by atoms with Gasteiger partial charge in [-0.05, 0) is 31.1 Å². The van der Waals surface area contributed by atoms with Crippen molar-refractivity contribution in [2.75, 3.05) is 25.6 Å². The van der Waals surface area contributed by atoms with E-state index in [1.54, 1.807) is 17.1 Å². The first-order chi connectivity index (χ1) is 9.19. The third-order valence-electron chi connectivity index (χ3n) is 3.49. The lowest BCUT2D eigenvalue weighted by atomic mass is 9.99. The molecule has 19 heavy (non-hydrogen) atoms. The Hall–Kier alpha value is -1.03. The van der Waals surface area contributed by atoms with Gasteiger partial charge in [-0.3, -0.25) is 4.79 Å². The first-order valence-electron chi connectivity index (χ1n) is 6.68. The highest BCUT2D eigenvalue weighted by atomic mass is 35.5. The van der Waals surface area contributed by atoms with E-state index in [9.17, 15) is 9.18 Å². The second kappa shape index (κ2) is 6.94. The molecule has 0 bridgehead atoms. The Balaban J connectivity index is 1.77. The standard InChI is InChI=1S/C14H19ClFNO2/c15-8-14(18)17-7-1-2-11(9-17)10-19-13-5-3-12(16)4-6-13/h3,5-6,11-12H,1-2,4,7-10H2. The number of carbonyl (C=O) groups excluding carboxylic acids is 1. The highest BCUT2D eigenvalue weighted by Gasteiger charge is 2.23. The fraction of sp³-hybridized carbons (Fsp3) is 0.643. The Morgan fingerprint density at radius 3 is 3.11 bits per heavy atom. The molecule has 0 aromatic rings. The molecular formula is C14H19ClFNO2. The summed E-state index contributed by atoms with van der Waals surface area (Å²) >= 11 is 5.57. The fourth-order valence-electron chi connectivity index (χ4n) is 2.41. The minimum absolute atomic E-state index is 0.0107. The van der Waals surface area contributed by atoms with Crippen LogP contribution in [0.2, 0.25) is 0 Å². The van der Waals surface area contributed by atoms with Gasteiger partial charge in [0.25, 0.3) is 0 Å². The molecule has 2 atom stereocenters. The van der Waals surface area contributed by atoms with Gasteiger partial charge in [-0.25, -0.2) is 4.39 Å². The van der Waals surface area contributed by atoms with Crippen LogP contribution in [0.25, 0.3) is 0 Å². The molecule has 1 fully saturated rings. The highest BCUT2D eigenvalue weighted by Crippen LogP contribution is 2.20. The molecule has 2 rings (SSSR count). The van der Waals surface area contributed by atoms with Crippen LogP contribution < -0.4 is 0 Å². The molecule has 1 aliphatic heterocycles. The highest BCUT2D eigenvalue weighted by molar-refractivity contribution is 6.27. The lowest BCUT2D eigenvalue weighted by Gasteiger charge is -2.32. The topological polar surface area (TPSA) is 29.5 Å². The predicted octanol–water partition coefficient (Wildman–Crippen LogP) is 2.66. The summed E-state index contributed by atoms with van der Waals surface area (Å²) in [5.41, 5.74) is 0. The number of amides is 1. The maximum atomic E-state index is 12.9. The minimum atomic E-state index is -0.890. The van der Waals surface area contributed by atoms with Crippen LogP contribution in [0, 0.1) is 5.92 Å². The predicted molar refractivity (Wildman–Crippen MR) is 72.7 cm³/mol. The first-order valence-corrected chi connectivity index (χ1v) is 7.21. The number of rotatable bonds is 4. The van der Waals surface area contributed by atoms with E-state index >= 15 is 0 Å². The molecule has 2 unspecified atom stereocenters. The van der Waals surface area contributed by atoms with E-state index in [1.807, 2.05) is 0 Å². The molecule has 3 nitrogen and oxygen atoms in total. The normalized spacial score (nSPS) is 27.1. The van der Waals surface area contributed by atoms with Crippen LogP contribution in [0.15, 0.2) is 24.0 Å². The average molecular weight is 288 g/mol. The Morgan fingerprint density at radius 2 is 2.42 bits per heavy atom. The second-order valence-electron chi connectivity index (χ2n) is 5.01. The van der Waals surface area contributed by atoms with Crippen molar-refractivity contribution in [3.8, 4) is 0 Å². The third kappa shape index (κ3) is 4.23. The van der Waals surface area contributed by atoms with E-state index in [2.05, 4.69) is 0 Å². The van der Waals surface area contributed by atoms with E-state index in [4.69, 9.17) is 16.3 Å². The molecule has 5 heteroatoms. The number of hydrogen-bond donors (Lipinski definition) is 0. The summed E-state index contributed by atoms with van der Waals surface area (Å²) in [6, 6.07) is 0. The fourth-order valence-corrected chi connectivity index (χ4v) is 2.58. The van der Waals surface area contributed by atoms with Crippen molar-refractivity contribution in [2.45, 2.75) is 25.4 Å². The van der Waals surface area contributed by atoms with Crippen LogP contribution in [-0.2, 0) is 9.53 Å². The number of nitrogens with zero attached hydrogens (tertiary/aromatic N) is 1. The number of likely N-dealkylation sites (tertiary alicyclic amines) is 1. The zero-order chi connectivity index (χ0) is 13.7. The maximum absolute atomic E-state index is 12.9. The van der Waals surface area contributed by atoms with Gasteiger partial charge in [0.2, 0.25) is 5.91 Å². The second-order valence-corrected chi connectivity index (χ2v) is 5.28. The summed E-state index contributed by atoms with van der Waals surface area (Å²) in [4.78, 5) is 13.3. The Bertz CT molecular complexity index is 384. The van der Waals surface area contributed by atoms with Gasteiger partial charge in [-0.15, -0.1) is 11.6 Å². The molecule has 2 aliphatic rings. The molecule has 1 saturated heterocycles. The average Bonchev–Trinajstić information content (AvgIpc) is 2.46. The van der Waals surface area contributed by atoms with Gasteiger partial charge in [-0.2, -0.15) is 0 Å². The van der Waals surface area contributed by atoms with Gasteiger partial charge >= 0.3 is 0 Å². The van der Waals surface area contributed by atoms with Crippen molar-refractivity contribution >= 4 is 17.5 Å². The van der Waals surface area contributed by atoms with E-state index < -0.39 is 6.17 Å². The number of ether oxygens (including phenoxy) is 1. The van der Waals surface area contributed by atoms with Crippen LogP contribution in [-0.4, -0.2) is 42.6 Å². The molecule has 0 aromatic heterocycles. The van der Waals surface area contributed by atoms with Crippen molar-refractivity contribution in [3.05, 3.63) is 24.0 Å². The molecule has 106 valence electrons. The largest absolute Gasteiger partial charge is 0.494 e. The minimum Gasteiger partial charge on any atom is -0.494 e.